The normalized spacial score (nSPS) is 24.9. The number of ether oxygens (including phenoxy) is 2. The Balaban J connectivity index is 1.86. The number of nitrogens with zero attached hydrogens (tertiary/aromatic N) is 1. The van der Waals surface area contributed by atoms with Gasteiger partial charge in [0.25, 0.3) is 5.91 Å². The van der Waals surface area contributed by atoms with Crippen LogP contribution in [0.2, 0.25) is 5.02 Å². The summed E-state index contributed by atoms with van der Waals surface area (Å²) in [5, 5.41) is 10.5. The summed E-state index contributed by atoms with van der Waals surface area (Å²) in [6.07, 6.45) is 1.50. The van der Waals surface area contributed by atoms with E-state index in [9.17, 15) is 9.90 Å². The zero-order chi connectivity index (χ0) is 14.3. The van der Waals surface area contributed by atoms with Crippen molar-refractivity contribution < 1.29 is 19.4 Å². The number of rotatable bonds is 1. The fourth-order valence-corrected chi connectivity index (χ4v) is 2.93. The molecule has 0 aliphatic carbocycles. The van der Waals surface area contributed by atoms with Gasteiger partial charge >= 0.3 is 0 Å². The first-order chi connectivity index (χ1) is 9.46. The number of hydrogen-bond donors (Lipinski definition) is 1. The number of amides is 1. The van der Waals surface area contributed by atoms with Crippen molar-refractivity contribution in [3.05, 3.63) is 22.7 Å². The number of hydrogen-bond acceptors (Lipinski definition) is 4. The summed E-state index contributed by atoms with van der Waals surface area (Å²) in [6, 6.07) is 3.22. The van der Waals surface area contributed by atoms with Gasteiger partial charge in [-0.15, -0.1) is 0 Å². The highest BCUT2D eigenvalue weighted by Crippen LogP contribution is 2.40. The van der Waals surface area contributed by atoms with E-state index < -0.39 is 5.60 Å². The zero-order valence-electron chi connectivity index (χ0n) is 11.2. The number of carbonyl (C=O) groups excluding carboxylic acids is 1. The van der Waals surface area contributed by atoms with Gasteiger partial charge in [-0.25, -0.2) is 0 Å². The molecule has 1 saturated heterocycles. The molecule has 5 nitrogen and oxygen atoms in total. The molecule has 0 radical (unpaired) electrons. The van der Waals surface area contributed by atoms with E-state index >= 15 is 0 Å². The average Bonchev–Trinajstić information content (AvgIpc) is 2.85. The summed E-state index contributed by atoms with van der Waals surface area (Å²) in [4.78, 5) is 14.1. The summed E-state index contributed by atoms with van der Waals surface area (Å²) >= 11 is 6.09. The molecule has 1 atom stereocenters. The zero-order valence-corrected chi connectivity index (χ0v) is 11.9. The van der Waals surface area contributed by atoms with Crippen molar-refractivity contribution in [2.24, 2.45) is 0 Å². The molecular weight excluding hydrogens is 282 g/mol. The van der Waals surface area contributed by atoms with Crippen LogP contribution in [0.4, 0.5) is 0 Å². The van der Waals surface area contributed by atoms with Crippen LogP contribution in [0.15, 0.2) is 12.1 Å². The number of carbonyl (C=O) groups is 1. The van der Waals surface area contributed by atoms with Gasteiger partial charge in [0.15, 0.2) is 11.5 Å². The minimum atomic E-state index is -0.825. The van der Waals surface area contributed by atoms with Crippen LogP contribution < -0.4 is 9.47 Å². The van der Waals surface area contributed by atoms with Gasteiger partial charge < -0.3 is 19.5 Å². The topological polar surface area (TPSA) is 59.0 Å². The molecule has 0 saturated carbocycles. The molecule has 20 heavy (non-hydrogen) atoms. The first-order valence-corrected chi connectivity index (χ1v) is 6.95. The van der Waals surface area contributed by atoms with Gasteiger partial charge in [0, 0.05) is 18.7 Å². The van der Waals surface area contributed by atoms with E-state index in [2.05, 4.69) is 0 Å². The summed E-state index contributed by atoms with van der Waals surface area (Å²) in [7, 11) is 0. The summed E-state index contributed by atoms with van der Waals surface area (Å²) < 4.78 is 10.5. The molecule has 2 aliphatic heterocycles. The molecule has 0 spiro atoms. The van der Waals surface area contributed by atoms with E-state index in [4.69, 9.17) is 21.1 Å². The standard InChI is InChI=1S/C14H16ClNO4/c1-14(18)3-2-4-16(7-14)13(17)9-5-10(15)12-11(6-9)19-8-20-12/h5-6,18H,2-4,7-8H2,1H3. The van der Waals surface area contributed by atoms with Crippen LogP contribution in [0.3, 0.4) is 0 Å². The molecule has 1 aromatic carbocycles. The Morgan fingerprint density at radius 1 is 1.45 bits per heavy atom. The van der Waals surface area contributed by atoms with Crippen LogP contribution in [0.25, 0.3) is 0 Å². The molecule has 1 N–H and O–H groups in total. The fourth-order valence-electron chi connectivity index (χ4n) is 2.67. The van der Waals surface area contributed by atoms with E-state index in [1.807, 2.05) is 0 Å². The lowest BCUT2D eigenvalue weighted by atomic mass is 9.94. The average molecular weight is 298 g/mol. The molecule has 1 unspecified atom stereocenters. The van der Waals surface area contributed by atoms with Crippen LogP contribution in [-0.4, -0.2) is 41.4 Å². The van der Waals surface area contributed by atoms with Gasteiger partial charge in [-0.05, 0) is 31.9 Å². The summed E-state index contributed by atoms with van der Waals surface area (Å²) in [6.45, 7) is 2.84. The number of benzene rings is 1. The van der Waals surface area contributed by atoms with Crippen molar-refractivity contribution in [1.29, 1.82) is 0 Å². The number of halogens is 1. The maximum absolute atomic E-state index is 12.5. The molecule has 2 heterocycles. The first kappa shape index (κ1) is 13.5. The highest BCUT2D eigenvalue weighted by molar-refractivity contribution is 6.32. The maximum Gasteiger partial charge on any atom is 0.254 e. The Morgan fingerprint density at radius 2 is 2.25 bits per heavy atom. The summed E-state index contributed by atoms with van der Waals surface area (Å²) in [5.74, 6) is 0.823. The predicted octanol–water partition coefficient (Wildman–Crippen LogP) is 2.06. The van der Waals surface area contributed by atoms with Crippen molar-refractivity contribution >= 4 is 17.5 Å². The van der Waals surface area contributed by atoms with Crippen LogP contribution >= 0.6 is 11.6 Å². The molecule has 6 heteroatoms. The minimum Gasteiger partial charge on any atom is -0.454 e. The molecular formula is C14H16ClNO4. The smallest absolute Gasteiger partial charge is 0.254 e. The molecule has 0 bridgehead atoms. The van der Waals surface area contributed by atoms with Gasteiger partial charge in [0.05, 0.1) is 10.6 Å². The van der Waals surface area contributed by atoms with Crippen molar-refractivity contribution in [3.63, 3.8) is 0 Å². The fraction of sp³-hybridized carbons (Fsp3) is 0.500. The minimum absolute atomic E-state index is 0.116. The number of likely N-dealkylation sites (tertiary alicyclic amines) is 1. The highest BCUT2D eigenvalue weighted by atomic mass is 35.5. The molecule has 1 fully saturated rings. The molecule has 1 aromatic rings. The second-order valence-corrected chi connectivity index (χ2v) is 5.93. The monoisotopic (exact) mass is 297 g/mol. The Bertz CT molecular complexity index is 558. The van der Waals surface area contributed by atoms with E-state index in [1.54, 1.807) is 24.0 Å². The van der Waals surface area contributed by atoms with Crippen molar-refractivity contribution in [3.8, 4) is 11.5 Å². The number of fused-ring (bicyclic) bond motifs is 1. The van der Waals surface area contributed by atoms with Gasteiger partial charge in [-0.1, -0.05) is 11.6 Å². The molecule has 108 valence electrons. The molecule has 1 amide bonds. The summed E-state index contributed by atoms with van der Waals surface area (Å²) in [5.41, 5.74) is -0.370. The van der Waals surface area contributed by atoms with Crippen molar-refractivity contribution in [1.82, 2.24) is 4.90 Å². The third kappa shape index (κ3) is 2.43. The Kier molecular flexibility index (Phi) is 3.26. The largest absolute Gasteiger partial charge is 0.454 e. The van der Waals surface area contributed by atoms with E-state index in [-0.39, 0.29) is 12.7 Å². The predicted molar refractivity (Wildman–Crippen MR) is 73.3 cm³/mol. The van der Waals surface area contributed by atoms with Gasteiger partial charge in [-0.3, -0.25) is 4.79 Å². The van der Waals surface area contributed by atoms with Gasteiger partial charge in [0.1, 0.15) is 0 Å². The maximum atomic E-state index is 12.5. The first-order valence-electron chi connectivity index (χ1n) is 6.57. The van der Waals surface area contributed by atoms with E-state index in [0.717, 1.165) is 6.42 Å². The Morgan fingerprint density at radius 3 is 3.00 bits per heavy atom. The second-order valence-electron chi connectivity index (χ2n) is 5.52. The molecule has 3 rings (SSSR count). The van der Waals surface area contributed by atoms with Crippen LogP contribution in [0, 0.1) is 0 Å². The lowest BCUT2D eigenvalue weighted by Gasteiger charge is -2.36. The second kappa shape index (κ2) is 4.82. The van der Waals surface area contributed by atoms with E-state index in [0.29, 0.717) is 41.6 Å². The number of aliphatic hydroxyl groups is 1. The van der Waals surface area contributed by atoms with Gasteiger partial charge in [-0.2, -0.15) is 0 Å². The SMILES string of the molecule is CC1(O)CCCN(C(=O)c2cc(Cl)c3c(c2)OCO3)C1. The lowest BCUT2D eigenvalue weighted by Crippen LogP contribution is -2.48. The Hall–Kier alpha value is -1.46. The number of β-amino-alcohol motifs (C(OH)–C–C–N with tert-alkyl or cyclic N) is 1. The Labute approximate surface area is 122 Å². The van der Waals surface area contributed by atoms with Crippen molar-refractivity contribution in [2.45, 2.75) is 25.4 Å². The molecule has 0 aromatic heterocycles. The molecule has 2 aliphatic rings. The third-order valence-corrected chi connectivity index (χ3v) is 3.92. The van der Waals surface area contributed by atoms with Crippen molar-refractivity contribution in [2.75, 3.05) is 19.9 Å². The quantitative estimate of drug-likeness (QED) is 0.862. The van der Waals surface area contributed by atoms with Crippen LogP contribution in [0.5, 0.6) is 11.5 Å². The lowest BCUT2D eigenvalue weighted by molar-refractivity contribution is -0.0107. The van der Waals surface area contributed by atoms with Gasteiger partial charge in [0.2, 0.25) is 6.79 Å². The van der Waals surface area contributed by atoms with Crippen LogP contribution in [-0.2, 0) is 0 Å². The van der Waals surface area contributed by atoms with E-state index in [1.165, 1.54) is 0 Å². The number of piperidine rings is 1. The van der Waals surface area contributed by atoms with Crippen LogP contribution in [0.1, 0.15) is 30.1 Å². The third-order valence-electron chi connectivity index (χ3n) is 3.64. The highest BCUT2D eigenvalue weighted by Gasteiger charge is 2.32.